The fraction of sp³-hybridized carbons (Fsp3) is 0.476. The standard InChI is InChI=1S/C21H29NO2/c1-6-19(14-17-10-8-7-9-11-17)22(15-16(2)18-12-13-18)20(23)24-21(3,4)5/h6-11,18-19H,1-2,12-15H2,3-5H3. The molecule has 0 spiro atoms. The molecule has 1 amide bonds. The third kappa shape index (κ3) is 5.55. The maximum Gasteiger partial charge on any atom is 0.411 e. The molecule has 1 unspecified atom stereocenters. The highest BCUT2D eigenvalue weighted by molar-refractivity contribution is 5.69. The number of amides is 1. The van der Waals surface area contributed by atoms with Crippen LogP contribution >= 0.6 is 0 Å². The summed E-state index contributed by atoms with van der Waals surface area (Å²) in [5.41, 5.74) is 1.77. The molecule has 2 rings (SSSR count). The second-order valence-electron chi connectivity index (χ2n) is 7.53. The maximum absolute atomic E-state index is 12.7. The number of carbonyl (C=O) groups excluding carboxylic acids is 1. The Kier molecular flexibility index (Phi) is 5.87. The molecule has 130 valence electrons. The zero-order valence-electron chi connectivity index (χ0n) is 15.1. The van der Waals surface area contributed by atoms with Gasteiger partial charge in [0.25, 0.3) is 0 Å². The van der Waals surface area contributed by atoms with Crippen LogP contribution in [0.4, 0.5) is 4.79 Å². The lowest BCUT2D eigenvalue weighted by atomic mass is 10.0. The summed E-state index contributed by atoms with van der Waals surface area (Å²) in [7, 11) is 0. The molecular weight excluding hydrogens is 298 g/mol. The van der Waals surface area contributed by atoms with Crippen LogP contribution in [0.25, 0.3) is 0 Å². The summed E-state index contributed by atoms with van der Waals surface area (Å²) >= 11 is 0. The molecular formula is C21H29NO2. The van der Waals surface area contributed by atoms with Crippen LogP contribution in [-0.2, 0) is 11.2 Å². The summed E-state index contributed by atoms with van der Waals surface area (Å²) in [5, 5.41) is 0. The molecule has 0 bridgehead atoms. The molecule has 0 aliphatic heterocycles. The van der Waals surface area contributed by atoms with Gasteiger partial charge in [0.2, 0.25) is 0 Å². The summed E-state index contributed by atoms with van der Waals surface area (Å²) < 4.78 is 5.62. The number of hydrogen-bond acceptors (Lipinski definition) is 2. The van der Waals surface area contributed by atoms with Crippen LogP contribution in [0, 0.1) is 5.92 Å². The SMILES string of the molecule is C=CC(Cc1ccccc1)N(CC(=C)C1CC1)C(=O)OC(C)(C)C. The monoisotopic (exact) mass is 327 g/mol. The summed E-state index contributed by atoms with van der Waals surface area (Å²) in [6.45, 7) is 14.3. The lowest BCUT2D eigenvalue weighted by Crippen LogP contribution is -2.44. The van der Waals surface area contributed by atoms with Crippen LogP contribution in [0.5, 0.6) is 0 Å². The van der Waals surface area contributed by atoms with Crippen molar-refractivity contribution in [3.8, 4) is 0 Å². The average Bonchev–Trinajstić information content (AvgIpc) is 3.34. The largest absolute Gasteiger partial charge is 0.444 e. The van der Waals surface area contributed by atoms with Crippen molar-refractivity contribution < 1.29 is 9.53 Å². The first-order valence-electron chi connectivity index (χ1n) is 8.64. The predicted octanol–water partition coefficient (Wildman–Crippen LogP) is 4.99. The van der Waals surface area contributed by atoms with E-state index in [1.54, 1.807) is 4.90 Å². The van der Waals surface area contributed by atoms with E-state index in [0.717, 1.165) is 12.0 Å². The minimum Gasteiger partial charge on any atom is -0.444 e. The molecule has 1 aromatic carbocycles. The topological polar surface area (TPSA) is 29.5 Å². The highest BCUT2D eigenvalue weighted by atomic mass is 16.6. The Labute approximate surface area is 146 Å². The van der Waals surface area contributed by atoms with Crippen LogP contribution in [0.15, 0.2) is 55.1 Å². The lowest BCUT2D eigenvalue weighted by Gasteiger charge is -2.33. The Morgan fingerprint density at radius 3 is 2.46 bits per heavy atom. The van der Waals surface area contributed by atoms with Crippen LogP contribution in [-0.4, -0.2) is 29.2 Å². The first-order valence-corrected chi connectivity index (χ1v) is 8.64. The summed E-state index contributed by atoms with van der Waals surface area (Å²) in [4.78, 5) is 14.5. The van der Waals surface area contributed by atoms with E-state index in [0.29, 0.717) is 12.5 Å². The van der Waals surface area contributed by atoms with Crippen LogP contribution in [0.1, 0.15) is 39.2 Å². The van der Waals surface area contributed by atoms with Crippen LogP contribution in [0.3, 0.4) is 0 Å². The van der Waals surface area contributed by atoms with E-state index >= 15 is 0 Å². The molecule has 0 saturated heterocycles. The Morgan fingerprint density at radius 1 is 1.33 bits per heavy atom. The second kappa shape index (κ2) is 7.69. The Hall–Kier alpha value is -2.03. The molecule has 24 heavy (non-hydrogen) atoms. The molecule has 1 aliphatic carbocycles. The van der Waals surface area contributed by atoms with Gasteiger partial charge in [-0.25, -0.2) is 4.79 Å². The normalized spacial score (nSPS) is 15.5. The van der Waals surface area contributed by atoms with Crippen molar-refractivity contribution >= 4 is 6.09 Å². The summed E-state index contributed by atoms with van der Waals surface area (Å²) in [5.74, 6) is 0.553. The van der Waals surface area contributed by atoms with Crippen molar-refractivity contribution in [2.45, 2.75) is 51.7 Å². The molecule has 3 nitrogen and oxygen atoms in total. The zero-order valence-corrected chi connectivity index (χ0v) is 15.1. The van der Waals surface area contributed by atoms with E-state index < -0.39 is 5.60 Å². The molecule has 1 atom stereocenters. The number of carbonyl (C=O) groups is 1. The van der Waals surface area contributed by atoms with E-state index in [9.17, 15) is 4.79 Å². The van der Waals surface area contributed by atoms with Crippen LogP contribution in [0.2, 0.25) is 0 Å². The van der Waals surface area contributed by atoms with Gasteiger partial charge in [-0.3, -0.25) is 4.90 Å². The van der Waals surface area contributed by atoms with Crippen molar-refractivity contribution in [3.63, 3.8) is 0 Å². The molecule has 0 aromatic heterocycles. The fourth-order valence-corrected chi connectivity index (χ4v) is 2.65. The van der Waals surface area contributed by atoms with E-state index in [1.165, 1.54) is 18.4 Å². The molecule has 1 aromatic rings. The molecule has 1 fully saturated rings. The number of rotatable bonds is 7. The van der Waals surface area contributed by atoms with Crippen molar-refractivity contribution in [2.24, 2.45) is 5.92 Å². The molecule has 0 heterocycles. The van der Waals surface area contributed by atoms with Gasteiger partial charge in [0, 0.05) is 6.54 Å². The third-order valence-corrected chi connectivity index (χ3v) is 4.12. The lowest BCUT2D eigenvalue weighted by molar-refractivity contribution is 0.0217. The highest BCUT2D eigenvalue weighted by Gasteiger charge is 2.31. The number of benzene rings is 1. The minimum atomic E-state index is -0.519. The van der Waals surface area contributed by atoms with E-state index in [1.807, 2.05) is 45.0 Å². The highest BCUT2D eigenvalue weighted by Crippen LogP contribution is 2.36. The number of ether oxygens (including phenoxy) is 1. The van der Waals surface area contributed by atoms with Gasteiger partial charge in [0.05, 0.1) is 6.04 Å². The van der Waals surface area contributed by atoms with E-state index in [4.69, 9.17) is 4.74 Å². The molecule has 3 heteroatoms. The summed E-state index contributed by atoms with van der Waals surface area (Å²) in [6, 6.07) is 10.0. The minimum absolute atomic E-state index is 0.113. The van der Waals surface area contributed by atoms with Gasteiger partial charge in [-0.1, -0.05) is 48.6 Å². The van der Waals surface area contributed by atoms with Crippen molar-refractivity contribution in [2.75, 3.05) is 6.54 Å². The van der Waals surface area contributed by atoms with Crippen LogP contribution < -0.4 is 0 Å². The predicted molar refractivity (Wildman–Crippen MR) is 98.9 cm³/mol. The first-order chi connectivity index (χ1) is 11.3. The van der Waals surface area contributed by atoms with Gasteiger partial charge in [0.15, 0.2) is 0 Å². The molecule has 0 radical (unpaired) electrons. The summed E-state index contributed by atoms with van der Waals surface area (Å²) in [6.07, 6.45) is 4.61. The molecule has 0 N–H and O–H groups in total. The Balaban J connectivity index is 2.15. The van der Waals surface area contributed by atoms with Gasteiger partial charge in [-0.15, -0.1) is 6.58 Å². The van der Waals surface area contributed by atoms with Crippen molar-refractivity contribution in [1.29, 1.82) is 0 Å². The van der Waals surface area contributed by atoms with Crippen molar-refractivity contribution in [1.82, 2.24) is 4.90 Å². The molecule has 1 saturated carbocycles. The maximum atomic E-state index is 12.7. The smallest absolute Gasteiger partial charge is 0.411 e. The third-order valence-electron chi connectivity index (χ3n) is 4.12. The average molecular weight is 327 g/mol. The molecule has 1 aliphatic rings. The van der Waals surface area contributed by atoms with Crippen molar-refractivity contribution in [3.05, 3.63) is 60.7 Å². The fourth-order valence-electron chi connectivity index (χ4n) is 2.65. The number of hydrogen-bond donors (Lipinski definition) is 0. The van der Waals surface area contributed by atoms with E-state index in [2.05, 4.69) is 25.3 Å². The quantitative estimate of drug-likeness (QED) is 0.661. The van der Waals surface area contributed by atoms with Gasteiger partial charge >= 0.3 is 6.09 Å². The zero-order chi connectivity index (χ0) is 17.7. The Morgan fingerprint density at radius 2 is 1.96 bits per heavy atom. The van der Waals surface area contributed by atoms with Gasteiger partial charge < -0.3 is 4.74 Å². The first kappa shape index (κ1) is 18.3. The van der Waals surface area contributed by atoms with Gasteiger partial charge in [-0.2, -0.15) is 0 Å². The van der Waals surface area contributed by atoms with Gasteiger partial charge in [-0.05, 0) is 51.5 Å². The van der Waals surface area contributed by atoms with E-state index in [-0.39, 0.29) is 12.1 Å². The number of nitrogens with zero attached hydrogens (tertiary/aromatic N) is 1. The second-order valence-corrected chi connectivity index (χ2v) is 7.53. The van der Waals surface area contributed by atoms with Gasteiger partial charge in [0.1, 0.15) is 5.60 Å². The Bertz CT molecular complexity index is 582.